The lowest BCUT2D eigenvalue weighted by Gasteiger charge is -2.31. The fraction of sp³-hybridized carbons (Fsp3) is 0.391. The highest BCUT2D eigenvalue weighted by Gasteiger charge is 2.24. The highest BCUT2D eigenvalue weighted by atomic mass is 32.1. The molecule has 1 saturated heterocycles. The van der Waals surface area contributed by atoms with E-state index in [2.05, 4.69) is 10.3 Å². The Morgan fingerprint density at radius 2 is 1.84 bits per heavy atom. The summed E-state index contributed by atoms with van der Waals surface area (Å²) >= 11 is 1.53. The first-order chi connectivity index (χ1) is 15.6. The molecule has 1 fully saturated rings. The van der Waals surface area contributed by atoms with Crippen molar-refractivity contribution >= 4 is 27.6 Å². The van der Waals surface area contributed by atoms with Gasteiger partial charge in [-0.2, -0.15) is 0 Å². The van der Waals surface area contributed by atoms with E-state index in [0.29, 0.717) is 36.3 Å². The number of urea groups is 1. The maximum Gasteiger partial charge on any atom is 0.317 e. The summed E-state index contributed by atoms with van der Waals surface area (Å²) in [7, 11) is 4.83. The maximum absolute atomic E-state index is 12.6. The van der Waals surface area contributed by atoms with Crippen LogP contribution in [0.25, 0.3) is 10.2 Å². The van der Waals surface area contributed by atoms with Gasteiger partial charge in [-0.25, -0.2) is 9.78 Å². The van der Waals surface area contributed by atoms with Crippen LogP contribution in [0.3, 0.4) is 0 Å². The minimum Gasteiger partial charge on any atom is -0.497 e. The van der Waals surface area contributed by atoms with E-state index >= 15 is 0 Å². The number of amides is 2. The van der Waals surface area contributed by atoms with E-state index in [1.54, 1.807) is 21.3 Å². The summed E-state index contributed by atoms with van der Waals surface area (Å²) in [5.74, 6) is 2.09. The molecule has 0 unspecified atom stereocenters. The lowest BCUT2D eigenvalue weighted by molar-refractivity contribution is 0.111. The van der Waals surface area contributed by atoms with Crippen molar-refractivity contribution in [3.63, 3.8) is 0 Å². The smallest absolute Gasteiger partial charge is 0.317 e. The first kappa shape index (κ1) is 22.0. The number of hydrogen-bond acceptors (Lipinski definition) is 7. The maximum atomic E-state index is 12.6. The number of rotatable bonds is 7. The van der Waals surface area contributed by atoms with Gasteiger partial charge in [-0.3, -0.25) is 0 Å². The van der Waals surface area contributed by atoms with E-state index in [1.807, 2.05) is 41.3 Å². The minimum atomic E-state index is -0.0784. The number of hydrogen-bond donors (Lipinski definition) is 1. The summed E-state index contributed by atoms with van der Waals surface area (Å²) in [4.78, 5) is 19.0. The van der Waals surface area contributed by atoms with Gasteiger partial charge in [0.05, 0.1) is 31.5 Å². The van der Waals surface area contributed by atoms with Crippen LogP contribution in [0, 0.1) is 0 Å². The number of likely N-dealkylation sites (tertiary alicyclic amines) is 1. The molecule has 32 heavy (non-hydrogen) atoms. The molecule has 0 bridgehead atoms. The molecular weight excluding hydrogens is 430 g/mol. The van der Waals surface area contributed by atoms with E-state index < -0.39 is 0 Å². The monoisotopic (exact) mass is 457 g/mol. The van der Waals surface area contributed by atoms with Crippen molar-refractivity contribution in [2.24, 2.45) is 0 Å². The lowest BCUT2D eigenvalue weighted by atomic mass is 10.1. The average Bonchev–Trinajstić information content (AvgIpc) is 3.24. The van der Waals surface area contributed by atoms with Crippen molar-refractivity contribution in [3.05, 3.63) is 42.0 Å². The number of thiazole rings is 1. The molecule has 2 amide bonds. The number of carbonyl (C=O) groups is 1. The Morgan fingerprint density at radius 3 is 2.56 bits per heavy atom. The highest BCUT2D eigenvalue weighted by molar-refractivity contribution is 7.20. The van der Waals surface area contributed by atoms with Crippen molar-refractivity contribution in [3.8, 4) is 22.4 Å². The van der Waals surface area contributed by atoms with Crippen molar-refractivity contribution in [1.29, 1.82) is 0 Å². The summed E-state index contributed by atoms with van der Waals surface area (Å²) in [6.07, 6.45) is 1.58. The quantitative estimate of drug-likeness (QED) is 0.576. The Labute approximate surface area is 191 Å². The molecule has 1 aromatic heterocycles. The second kappa shape index (κ2) is 9.95. The van der Waals surface area contributed by atoms with Gasteiger partial charge in [-0.1, -0.05) is 17.4 Å². The van der Waals surface area contributed by atoms with E-state index in [1.165, 1.54) is 11.3 Å². The zero-order chi connectivity index (χ0) is 22.5. The normalized spacial score (nSPS) is 14.3. The first-order valence-corrected chi connectivity index (χ1v) is 11.3. The van der Waals surface area contributed by atoms with Gasteiger partial charge in [0.15, 0.2) is 11.5 Å². The Kier molecular flexibility index (Phi) is 6.84. The van der Waals surface area contributed by atoms with Crippen LogP contribution in [0.2, 0.25) is 0 Å². The second-order valence-electron chi connectivity index (χ2n) is 7.47. The number of piperidine rings is 1. The second-order valence-corrected chi connectivity index (χ2v) is 8.46. The standard InChI is InChI=1S/C23H27N3O5S/c1-28-17-5-7-21-18(13-17)25-23(32-21)31-16-8-10-26(11-9-16)22(27)24-14-15-4-6-19(29-2)20(12-15)30-3/h4-7,12-13,16H,8-11,14H2,1-3H3,(H,24,27). The Morgan fingerprint density at radius 1 is 1.06 bits per heavy atom. The van der Waals surface area contributed by atoms with E-state index in [-0.39, 0.29) is 12.1 Å². The summed E-state index contributed by atoms with van der Waals surface area (Å²) < 4.78 is 23.0. The first-order valence-electron chi connectivity index (χ1n) is 10.4. The summed E-state index contributed by atoms with van der Waals surface area (Å²) in [5.41, 5.74) is 1.82. The van der Waals surface area contributed by atoms with Crippen LogP contribution >= 0.6 is 11.3 Å². The zero-order valence-electron chi connectivity index (χ0n) is 18.4. The van der Waals surface area contributed by atoms with Gasteiger partial charge >= 0.3 is 6.03 Å². The van der Waals surface area contributed by atoms with Crippen molar-refractivity contribution < 1.29 is 23.7 Å². The molecule has 0 atom stereocenters. The minimum absolute atomic E-state index is 0.0485. The molecular formula is C23H27N3O5S. The average molecular weight is 458 g/mol. The number of aromatic nitrogens is 1. The van der Waals surface area contributed by atoms with Crippen LogP contribution in [0.5, 0.6) is 22.4 Å². The number of fused-ring (bicyclic) bond motifs is 1. The molecule has 4 rings (SSSR count). The summed E-state index contributed by atoms with van der Waals surface area (Å²) in [5, 5.41) is 3.64. The van der Waals surface area contributed by atoms with Gasteiger partial charge in [0.1, 0.15) is 11.9 Å². The molecule has 1 N–H and O–H groups in total. The van der Waals surface area contributed by atoms with Gasteiger partial charge in [0, 0.05) is 38.5 Å². The molecule has 0 saturated carbocycles. The largest absolute Gasteiger partial charge is 0.497 e. The molecule has 1 aliphatic rings. The Balaban J connectivity index is 1.26. The van der Waals surface area contributed by atoms with E-state index in [4.69, 9.17) is 18.9 Å². The third-order valence-electron chi connectivity index (χ3n) is 5.46. The number of nitrogens with one attached hydrogen (secondary N) is 1. The molecule has 9 heteroatoms. The predicted octanol–water partition coefficient (Wildman–Crippen LogP) is 4.08. The lowest BCUT2D eigenvalue weighted by Crippen LogP contribution is -2.46. The van der Waals surface area contributed by atoms with Gasteiger partial charge in [-0.05, 0) is 29.8 Å². The topological polar surface area (TPSA) is 82.2 Å². The van der Waals surface area contributed by atoms with Gasteiger partial charge in [0.2, 0.25) is 0 Å². The van der Waals surface area contributed by atoms with Crippen LogP contribution in [0.1, 0.15) is 18.4 Å². The van der Waals surface area contributed by atoms with Crippen molar-refractivity contribution in [2.75, 3.05) is 34.4 Å². The van der Waals surface area contributed by atoms with Crippen LogP contribution in [0.4, 0.5) is 4.79 Å². The van der Waals surface area contributed by atoms with Gasteiger partial charge in [-0.15, -0.1) is 0 Å². The number of nitrogens with zero attached hydrogens (tertiary/aromatic N) is 2. The fourth-order valence-electron chi connectivity index (χ4n) is 3.66. The number of carbonyl (C=O) groups excluding carboxylic acids is 1. The SMILES string of the molecule is COc1ccc2sc(OC3CCN(C(=O)NCc4ccc(OC)c(OC)c4)CC3)nc2c1. The summed E-state index contributed by atoms with van der Waals surface area (Å²) in [6, 6.07) is 11.4. The molecule has 3 aromatic rings. The Bertz CT molecular complexity index is 1080. The van der Waals surface area contributed by atoms with E-state index in [0.717, 1.165) is 34.4 Å². The van der Waals surface area contributed by atoms with E-state index in [9.17, 15) is 4.79 Å². The van der Waals surface area contributed by atoms with Crippen molar-refractivity contribution in [1.82, 2.24) is 15.2 Å². The number of ether oxygens (including phenoxy) is 4. The zero-order valence-corrected chi connectivity index (χ0v) is 19.2. The third-order valence-corrected chi connectivity index (χ3v) is 6.39. The molecule has 0 spiro atoms. The fourth-order valence-corrected chi connectivity index (χ4v) is 4.52. The highest BCUT2D eigenvalue weighted by Crippen LogP contribution is 2.32. The molecule has 0 radical (unpaired) electrons. The number of benzene rings is 2. The van der Waals surface area contributed by atoms with Crippen LogP contribution < -0.4 is 24.3 Å². The van der Waals surface area contributed by atoms with Crippen LogP contribution in [-0.4, -0.2) is 56.4 Å². The molecule has 1 aliphatic heterocycles. The number of methoxy groups -OCH3 is 3. The molecule has 8 nitrogen and oxygen atoms in total. The third kappa shape index (κ3) is 4.99. The van der Waals surface area contributed by atoms with Crippen molar-refractivity contribution in [2.45, 2.75) is 25.5 Å². The summed E-state index contributed by atoms with van der Waals surface area (Å²) in [6.45, 7) is 1.70. The van der Waals surface area contributed by atoms with Crippen LogP contribution in [0.15, 0.2) is 36.4 Å². The molecule has 2 heterocycles. The van der Waals surface area contributed by atoms with Gasteiger partial charge in [0.25, 0.3) is 5.19 Å². The molecule has 0 aliphatic carbocycles. The molecule has 170 valence electrons. The van der Waals surface area contributed by atoms with Gasteiger partial charge < -0.3 is 29.2 Å². The predicted molar refractivity (Wildman–Crippen MR) is 123 cm³/mol. The van der Waals surface area contributed by atoms with Crippen LogP contribution in [-0.2, 0) is 6.54 Å². The Hall–Kier alpha value is -3.20. The molecule has 2 aromatic carbocycles.